The number of nitrogens with one attached hydrogen (secondary N) is 1. The summed E-state index contributed by atoms with van der Waals surface area (Å²) in [6.45, 7) is 4.84. The predicted octanol–water partition coefficient (Wildman–Crippen LogP) is 2.43. The highest BCUT2D eigenvalue weighted by atomic mass is 35.5. The highest BCUT2D eigenvalue weighted by Crippen LogP contribution is 2.25. The number of carbonyl (C=O) groups is 1. The van der Waals surface area contributed by atoms with Gasteiger partial charge in [-0.15, -0.1) is 6.58 Å². The number of carbonyl (C=O) groups excluding carboxylic acids is 1. The molecule has 0 bridgehead atoms. The van der Waals surface area contributed by atoms with E-state index in [0.717, 1.165) is 19.3 Å². The summed E-state index contributed by atoms with van der Waals surface area (Å²) in [5, 5.41) is 2.82. The van der Waals surface area contributed by atoms with Crippen LogP contribution in [0.4, 0.5) is 0 Å². The van der Waals surface area contributed by atoms with Crippen LogP contribution in [-0.2, 0) is 10.0 Å². The molecule has 2 rings (SSSR count). The largest absolute Gasteiger partial charge is 0.349 e. The lowest BCUT2D eigenvalue weighted by atomic mass is 10.2. The molecule has 0 saturated carbocycles. The van der Waals surface area contributed by atoms with Gasteiger partial charge in [0.25, 0.3) is 5.91 Å². The molecule has 1 aliphatic rings. The van der Waals surface area contributed by atoms with E-state index >= 15 is 0 Å². The average Bonchev–Trinajstić information content (AvgIpc) is 2.53. The fourth-order valence-electron chi connectivity index (χ4n) is 2.35. The third-order valence-corrected chi connectivity index (χ3v) is 5.77. The van der Waals surface area contributed by atoms with E-state index in [-0.39, 0.29) is 22.0 Å². The van der Waals surface area contributed by atoms with Crippen molar-refractivity contribution in [1.82, 2.24) is 9.62 Å². The lowest BCUT2D eigenvalue weighted by molar-refractivity contribution is 0.0958. The molecule has 5 nitrogen and oxygen atoms in total. The van der Waals surface area contributed by atoms with Gasteiger partial charge in [0.2, 0.25) is 10.0 Å². The Morgan fingerprint density at radius 1 is 1.32 bits per heavy atom. The van der Waals surface area contributed by atoms with Gasteiger partial charge in [-0.05, 0) is 31.0 Å². The van der Waals surface area contributed by atoms with Crippen molar-refractivity contribution in [2.45, 2.75) is 24.2 Å². The Morgan fingerprint density at radius 2 is 2.00 bits per heavy atom. The van der Waals surface area contributed by atoms with Gasteiger partial charge in [0.05, 0.1) is 15.5 Å². The number of piperidine rings is 1. The number of benzene rings is 1. The Hall–Kier alpha value is -1.37. The Bertz CT molecular complexity index is 667. The average molecular weight is 343 g/mol. The molecular formula is C15H19ClN2O3S. The van der Waals surface area contributed by atoms with Crippen molar-refractivity contribution in [2.75, 3.05) is 19.6 Å². The number of halogens is 1. The first kappa shape index (κ1) is 17.0. The second kappa shape index (κ2) is 7.26. The van der Waals surface area contributed by atoms with Gasteiger partial charge in [0.1, 0.15) is 0 Å². The van der Waals surface area contributed by atoms with Crippen LogP contribution in [0.25, 0.3) is 0 Å². The summed E-state index contributed by atoms with van der Waals surface area (Å²) in [4.78, 5) is 12.1. The first-order chi connectivity index (χ1) is 10.5. The maximum absolute atomic E-state index is 12.6. The van der Waals surface area contributed by atoms with Gasteiger partial charge in [0.15, 0.2) is 0 Å². The van der Waals surface area contributed by atoms with Crippen LogP contribution in [0, 0.1) is 0 Å². The third-order valence-electron chi connectivity index (χ3n) is 3.54. The van der Waals surface area contributed by atoms with Gasteiger partial charge in [-0.3, -0.25) is 4.79 Å². The number of hydrogen-bond donors (Lipinski definition) is 1. The SMILES string of the molecule is C=CCNC(=O)c1cc(S(=O)(=O)N2CCCCC2)ccc1Cl. The second-order valence-corrected chi connectivity index (χ2v) is 7.45. The van der Waals surface area contributed by atoms with Crippen molar-refractivity contribution in [2.24, 2.45) is 0 Å². The molecule has 22 heavy (non-hydrogen) atoms. The van der Waals surface area contributed by atoms with E-state index in [4.69, 9.17) is 11.6 Å². The fraction of sp³-hybridized carbons (Fsp3) is 0.400. The van der Waals surface area contributed by atoms with Crippen LogP contribution in [0.1, 0.15) is 29.6 Å². The maximum Gasteiger partial charge on any atom is 0.253 e. The minimum atomic E-state index is -3.58. The smallest absolute Gasteiger partial charge is 0.253 e. The second-order valence-electron chi connectivity index (χ2n) is 5.11. The van der Waals surface area contributed by atoms with Crippen LogP contribution in [0.15, 0.2) is 35.7 Å². The minimum absolute atomic E-state index is 0.0996. The molecule has 0 aromatic heterocycles. The molecule has 0 aliphatic carbocycles. The Morgan fingerprint density at radius 3 is 2.64 bits per heavy atom. The van der Waals surface area contributed by atoms with Gasteiger partial charge in [-0.2, -0.15) is 4.31 Å². The summed E-state index contributed by atoms with van der Waals surface area (Å²) >= 11 is 6.01. The van der Waals surface area contributed by atoms with E-state index in [0.29, 0.717) is 13.1 Å². The van der Waals surface area contributed by atoms with Crippen molar-refractivity contribution in [3.8, 4) is 0 Å². The normalized spacial score (nSPS) is 16.2. The standard InChI is InChI=1S/C15H19ClN2O3S/c1-2-8-17-15(19)13-11-12(6-7-14(13)16)22(20,21)18-9-4-3-5-10-18/h2,6-7,11H,1,3-5,8-10H2,(H,17,19). The van der Waals surface area contributed by atoms with Crippen molar-refractivity contribution >= 4 is 27.5 Å². The van der Waals surface area contributed by atoms with Crippen LogP contribution in [0.3, 0.4) is 0 Å². The molecule has 1 heterocycles. The van der Waals surface area contributed by atoms with Crippen LogP contribution in [0.5, 0.6) is 0 Å². The molecule has 1 N–H and O–H groups in total. The highest BCUT2D eigenvalue weighted by Gasteiger charge is 2.27. The van der Waals surface area contributed by atoms with E-state index in [2.05, 4.69) is 11.9 Å². The van der Waals surface area contributed by atoms with Crippen LogP contribution in [0.2, 0.25) is 5.02 Å². The van der Waals surface area contributed by atoms with Crippen molar-refractivity contribution in [3.63, 3.8) is 0 Å². The van der Waals surface area contributed by atoms with Gasteiger partial charge < -0.3 is 5.32 Å². The zero-order chi connectivity index (χ0) is 16.2. The van der Waals surface area contributed by atoms with Gasteiger partial charge >= 0.3 is 0 Å². The molecular weight excluding hydrogens is 324 g/mol. The lowest BCUT2D eigenvalue weighted by Crippen LogP contribution is -2.35. The molecule has 120 valence electrons. The predicted molar refractivity (Wildman–Crippen MR) is 86.6 cm³/mol. The quantitative estimate of drug-likeness (QED) is 0.836. The zero-order valence-electron chi connectivity index (χ0n) is 12.2. The summed E-state index contributed by atoms with van der Waals surface area (Å²) in [5.74, 6) is -0.416. The molecule has 1 aromatic carbocycles. The summed E-state index contributed by atoms with van der Waals surface area (Å²) in [6, 6.07) is 4.22. The summed E-state index contributed by atoms with van der Waals surface area (Å²) in [5.41, 5.74) is 0.154. The van der Waals surface area contributed by atoms with Crippen LogP contribution < -0.4 is 5.32 Å². The Balaban J connectivity index is 2.31. The molecule has 0 atom stereocenters. The molecule has 0 spiro atoms. The van der Waals surface area contributed by atoms with E-state index in [1.165, 1.54) is 22.5 Å². The van der Waals surface area contributed by atoms with E-state index in [1.807, 2.05) is 0 Å². The molecule has 1 aromatic rings. The Kier molecular flexibility index (Phi) is 5.61. The molecule has 1 fully saturated rings. The van der Waals surface area contributed by atoms with Gasteiger partial charge in [0, 0.05) is 19.6 Å². The summed E-state index contributed by atoms with van der Waals surface area (Å²) < 4.78 is 26.7. The van der Waals surface area contributed by atoms with Crippen LogP contribution in [-0.4, -0.2) is 38.3 Å². The summed E-state index contributed by atoms with van der Waals surface area (Å²) in [7, 11) is -3.58. The number of nitrogens with zero attached hydrogens (tertiary/aromatic N) is 1. The first-order valence-corrected chi connectivity index (χ1v) is 8.97. The van der Waals surface area contributed by atoms with Crippen molar-refractivity contribution in [1.29, 1.82) is 0 Å². The van der Waals surface area contributed by atoms with E-state index in [9.17, 15) is 13.2 Å². The number of amides is 1. The molecule has 0 unspecified atom stereocenters. The molecule has 1 saturated heterocycles. The van der Waals surface area contributed by atoms with E-state index < -0.39 is 15.9 Å². The minimum Gasteiger partial charge on any atom is -0.349 e. The molecule has 7 heteroatoms. The van der Waals surface area contributed by atoms with Crippen molar-refractivity contribution in [3.05, 3.63) is 41.4 Å². The van der Waals surface area contributed by atoms with Gasteiger partial charge in [-0.25, -0.2) is 8.42 Å². The Labute approximate surface area is 136 Å². The van der Waals surface area contributed by atoms with Gasteiger partial charge in [-0.1, -0.05) is 24.1 Å². The number of sulfonamides is 1. The van der Waals surface area contributed by atoms with Crippen LogP contribution >= 0.6 is 11.6 Å². The lowest BCUT2D eigenvalue weighted by Gasteiger charge is -2.26. The van der Waals surface area contributed by atoms with E-state index in [1.54, 1.807) is 6.08 Å². The number of hydrogen-bond acceptors (Lipinski definition) is 3. The number of rotatable bonds is 5. The molecule has 0 radical (unpaired) electrons. The summed E-state index contributed by atoms with van der Waals surface area (Å²) in [6.07, 6.45) is 4.31. The first-order valence-electron chi connectivity index (χ1n) is 7.15. The monoisotopic (exact) mass is 342 g/mol. The van der Waals surface area contributed by atoms with Crippen molar-refractivity contribution < 1.29 is 13.2 Å². The molecule has 1 aliphatic heterocycles. The fourth-order valence-corrected chi connectivity index (χ4v) is 4.10. The maximum atomic E-state index is 12.6. The topological polar surface area (TPSA) is 66.5 Å². The zero-order valence-corrected chi connectivity index (χ0v) is 13.8. The highest BCUT2D eigenvalue weighted by molar-refractivity contribution is 7.89. The molecule has 1 amide bonds. The third kappa shape index (κ3) is 3.69.